The highest BCUT2D eigenvalue weighted by Crippen LogP contribution is 2.49. The first kappa shape index (κ1) is 11.4. The smallest absolute Gasteiger partial charge is 0.211 e. The van der Waals surface area contributed by atoms with E-state index in [1.165, 1.54) is 25.7 Å². The molecule has 15 heavy (non-hydrogen) atoms. The lowest BCUT2D eigenvalue weighted by Crippen LogP contribution is -2.44. The molecular weight excluding hydrogens is 210 g/mol. The van der Waals surface area contributed by atoms with Gasteiger partial charge in [0, 0.05) is 6.54 Å². The first-order chi connectivity index (χ1) is 7.12. The minimum absolute atomic E-state index is 0.363. The number of rotatable bonds is 4. The van der Waals surface area contributed by atoms with Gasteiger partial charge in [-0.2, -0.15) is 0 Å². The normalized spacial score (nSPS) is 35.7. The average Bonchev–Trinajstić information content (AvgIpc) is 2.14. The van der Waals surface area contributed by atoms with E-state index in [0.717, 1.165) is 12.3 Å². The molecule has 88 valence electrons. The van der Waals surface area contributed by atoms with Crippen molar-refractivity contribution in [2.24, 2.45) is 17.8 Å². The van der Waals surface area contributed by atoms with Gasteiger partial charge >= 0.3 is 0 Å². The van der Waals surface area contributed by atoms with Crippen LogP contribution in [0.5, 0.6) is 0 Å². The Hall–Kier alpha value is -0.0900. The molecule has 0 amide bonds. The molecule has 3 unspecified atom stereocenters. The summed E-state index contributed by atoms with van der Waals surface area (Å²) < 4.78 is 25.8. The SMILES string of the molecule is CCNS(=O)(=O)CC1CC2CCCCC21. The van der Waals surface area contributed by atoms with Crippen LogP contribution in [0.2, 0.25) is 0 Å². The van der Waals surface area contributed by atoms with Crippen LogP contribution >= 0.6 is 0 Å². The fourth-order valence-corrected chi connectivity index (χ4v) is 4.77. The lowest BCUT2D eigenvalue weighted by molar-refractivity contribution is 0.0439. The van der Waals surface area contributed by atoms with Crippen molar-refractivity contribution >= 4 is 10.0 Å². The summed E-state index contributed by atoms with van der Waals surface area (Å²) in [6.07, 6.45) is 6.40. The van der Waals surface area contributed by atoms with Crippen molar-refractivity contribution in [2.45, 2.75) is 39.0 Å². The number of fused-ring (bicyclic) bond motifs is 1. The molecule has 0 aliphatic heterocycles. The van der Waals surface area contributed by atoms with Gasteiger partial charge in [0.15, 0.2) is 0 Å². The van der Waals surface area contributed by atoms with Crippen molar-refractivity contribution in [3.05, 3.63) is 0 Å². The topological polar surface area (TPSA) is 46.2 Å². The lowest BCUT2D eigenvalue weighted by Gasteiger charge is -2.47. The summed E-state index contributed by atoms with van der Waals surface area (Å²) in [6, 6.07) is 0. The zero-order valence-electron chi connectivity index (χ0n) is 9.41. The summed E-state index contributed by atoms with van der Waals surface area (Å²) >= 11 is 0. The van der Waals surface area contributed by atoms with Gasteiger partial charge in [0.1, 0.15) is 0 Å². The van der Waals surface area contributed by atoms with Gasteiger partial charge < -0.3 is 0 Å². The van der Waals surface area contributed by atoms with Crippen molar-refractivity contribution in [1.29, 1.82) is 0 Å². The Kier molecular flexibility index (Phi) is 3.36. The van der Waals surface area contributed by atoms with E-state index in [0.29, 0.717) is 24.1 Å². The standard InChI is InChI=1S/C11H21NO2S/c1-2-12-15(13,14)8-10-7-9-5-3-4-6-11(9)10/h9-12H,2-8H2,1H3. The molecule has 0 heterocycles. The summed E-state index contributed by atoms with van der Waals surface area (Å²) in [5, 5.41) is 0. The Balaban J connectivity index is 1.86. The third kappa shape index (κ3) is 2.53. The second-order valence-electron chi connectivity index (χ2n) is 4.98. The van der Waals surface area contributed by atoms with Gasteiger partial charge in [0.25, 0.3) is 0 Å². The second-order valence-corrected chi connectivity index (χ2v) is 6.83. The fraction of sp³-hybridized carbons (Fsp3) is 1.00. The van der Waals surface area contributed by atoms with Crippen LogP contribution in [0.15, 0.2) is 0 Å². The Morgan fingerprint density at radius 3 is 2.67 bits per heavy atom. The molecule has 0 aromatic rings. The van der Waals surface area contributed by atoms with E-state index in [9.17, 15) is 8.42 Å². The zero-order chi connectivity index (χ0) is 10.9. The monoisotopic (exact) mass is 231 g/mol. The average molecular weight is 231 g/mol. The molecule has 2 aliphatic rings. The maximum Gasteiger partial charge on any atom is 0.211 e. The van der Waals surface area contributed by atoms with Crippen LogP contribution in [0.4, 0.5) is 0 Å². The van der Waals surface area contributed by atoms with Gasteiger partial charge in [-0.05, 0) is 30.6 Å². The molecule has 4 heteroatoms. The van der Waals surface area contributed by atoms with E-state index in [-0.39, 0.29) is 0 Å². The molecular formula is C11H21NO2S. The molecule has 3 atom stereocenters. The maximum absolute atomic E-state index is 11.6. The molecule has 0 aromatic heterocycles. The molecule has 0 radical (unpaired) electrons. The maximum atomic E-state index is 11.6. The third-order valence-corrected chi connectivity index (χ3v) is 5.57. The molecule has 0 saturated heterocycles. The quantitative estimate of drug-likeness (QED) is 0.801. The van der Waals surface area contributed by atoms with E-state index in [1.807, 2.05) is 6.92 Å². The molecule has 2 fully saturated rings. The molecule has 2 saturated carbocycles. The van der Waals surface area contributed by atoms with E-state index in [1.54, 1.807) is 0 Å². The summed E-state index contributed by atoms with van der Waals surface area (Å²) in [6.45, 7) is 2.35. The van der Waals surface area contributed by atoms with Gasteiger partial charge in [-0.3, -0.25) is 0 Å². The predicted octanol–water partition coefficient (Wildman–Crippen LogP) is 1.75. The van der Waals surface area contributed by atoms with Gasteiger partial charge in [-0.25, -0.2) is 13.1 Å². The Morgan fingerprint density at radius 2 is 2.00 bits per heavy atom. The highest BCUT2D eigenvalue weighted by Gasteiger charge is 2.43. The molecule has 2 rings (SSSR count). The number of nitrogens with one attached hydrogen (secondary N) is 1. The third-order valence-electron chi connectivity index (χ3n) is 3.98. The largest absolute Gasteiger partial charge is 0.216 e. The summed E-state index contributed by atoms with van der Waals surface area (Å²) in [7, 11) is -2.99. The number of sulfonamides is 1. The van der Waals surface area contributed by atoms with Crippen LogP contribution in [-0.2, 0) is 10.0 Å². The highest BCUT2D eigenvalue weighted by atomic mass is 32.2. The summed E-state index contributed by atoms with van der Waals surface area (Å²) in [5.41, 5.74) is 0. The van der Waals surface area contributed by atoms with Gasteiger partial charge in [-0.15, -0.1) is 0 Å². The first-order valence-electron chi connectivity index (χ1n) is 6.09. The highest BCUT2D eigenvalue weighted by molar-refractivity contribution is 7.89. The molecule has 2 aliphatic carbocycles. The molecule has 0 aromatic carbocycles. The van der Waals surface area contributed by atoms with Gasteiger partial charge in [0.05, 0.1) is 5.75 Å². The zero-order valence-corrected chi connectivity index (χ0v) is 10.2. The van der Waals surface area contributed by atoms with Crippen LogP contribution < -0.4 is 4.72 Å². The Labute approximate surface area is 92.7 Å². The molecule has 0 spiro atoms. The van der Waals surface area contributed by atoms with Crippen molar-refractivity contribution in [2.75, 3.05) is 12.3 Å². The Morgan fingerprint density at radius 1 is 1.27 bits per heavy atom. The van der Waals surface area contributed by atoms with E-state index >= 15 is 0 Å². The van der Waals surface area contributed by atoms with Gasteiger partial charge in [0.2, 0.25) is 10.0 Å². The van der Waals surface area contributed by atoms with Crippen LogP contribution in [0.3, 0.4) is 0 Å². The van der Waals surface area contributed by atoms with Crippen LogP contribution in [0, 0.1) is 17.8 Å². The van der Waals surface area contributed by atoms with Crippen LogP contribution in [0.25, 0.3) is 0 Å². The fourth-order valence-electron chi connectivity index (χ4n) is 3.27. The second kappa shape index (κ2) is 4.42. The van der Waals surface area contributed by atoms with Crippen LogP contribution in [0.1, 0.15) is 39.0 Å². The van der Waals surface area contributed by atoms with E-state index < -0.39 is 10.0 Å². The molecule has 1 N–H and O–H groups in total. The van der Waals surface area contributed by atoms with Crippen molar-refractivity contribution in [3.63, 3.8) is 0 Å². The summed E-state index contributed by atoms with van der Waals surface area (Å²) in [5.74, 6) is 2.37. The molecule has 3 nitrogen and oxygen atoms in total. The number of hydrogen-bond donors (Lipinski definition) is 1. The van der Waals surface area contributed by atoms with E-state index in [2.05, 4.69) is 4.72 Å². The van der Waals surface area contributed by atoms with E-state index in [4.69, 9.17) is 0 Å². The first-order valence-corrected chi connectivity index (χ1v) is 7.75. The number of hydrogen-bond acceptors (Lipinski definition) is 2. The van der Waals surface area contributed by atoms with Crippen molar-refractivity contribution < 1.29 is 8.42 Å². The van der Waals surface area contributed by atoms with Crippen molar-refractivity contribution in [1.82, 2.24) is 4.72 Å². The minimum atomic E-state index is -2.99. The van der Waals surface area contributed by atoms with Crippen LogP contribution in [-0.4, -0.2) is 20.7 Å². The van der Waals surface area contributed by atoms with Gasteiger partial charge in [-0.1, -0.05) is 26.2 Å². The predicted molar refractivity (Wildman–Crippen MR) is 61.0 cm³/mol. The lowest BCUT2D eigenvalue weighted by atomic mass is 9.59. The van der Waals surface area contributed by atoms with Crippen molar-refractivity contribution in [3.8, 4) is 0 Å². The minimum Gasteiger partial charge on any atom is -0.216 e. The molecule has 0 bridgehead atoms. The Bertz CT molecular complexity index is 313. The summed E-state index contributed by atoms with van der Waals surface area (Å²) in [4.78, 5) is 0.